The number of amides is 2. The number of para-hydroxylation sites is 2. The minimum atomic E-state index is -4.30. The Bertz CT molecular complexity index is 1740. The largest absolute Gasteiger partial charge is 0.492 e. The molecule has 0 fully saturated rings. The predicted molar refractivity (Wildman–Crippen MR) is 185 cm³/mol. The molecule has 0 heterocycles. The molecule has 0 aliphatic heterocycles. The molecule has 1 N–H and O–H groups in total. The third-order valence-corrected chi connectivity index (χ3v) is 10.5. The van der Waals surface area contributed by atoms with Crippen molar-refractivity contribution in [2.75, 3.05) is 30.8 Å². The summed E-state index contributed by atoms with van der Waals surface area (Å²) in [5, 5.41) is 3.27. The molecular weight excluding hydrogens is 665 g/mol. The van der Waals surface area contributed by atoms with Crippen LogP contribution in [0.1, 0.15) is 18.1 Å². The Kier molecular flexibility index (Phi) is 12.4. The molecule has 0 bridgehead atoms. The molecule has 0 aliphatic rings. The van der Waals surface area contributed by atoms with E-state index in [9.17, 15) is 18.0 Å². The zero-order valence-electron chi connectivity index (χ0n) is 25.7. The lowest BCUT2D eigenvalue weighted by molar-refractivity contribution is -0.139. The summed E-state index contributed by atoms with van der Waals surface area (Å²) in [7, 11) is -2.82. The maximum absolute atomic E-state index is 14.6. The van der Waals surface area contributed by atoms with E-state index in [2.05, 4.69) is 5.32 Å². The number of halogens is 2. The van der Waals surface area contributed by atoms with E-state index in [1.54, 1.807) is 61.5 Å². The summed E-state index contributed by atoms with van der Waals surface area (Å²) in [6.07, 6.45) is 2.05. The van der Waals surface area contributed by atoms with Crippen LogP contribution >= 0.6 is 35.0 Å². The van der Waals surface area contributed by atoms with Crippen molar-refractivity contribution in [1.29, 1.82) is 0 Å². The summed E-state index contributed by atoms with van der Waals surface area (Å²) in [4.78, 5) is 30.2. The molecule has 0 unspecified atom stereocenters. The molecular formula is C34H35Cl2N3O5S2. The Labute approximate surface area is 284 Å². The first-order valence-electron chi connectivity index (χ1n) is 14.5. The first-order valence-corrected chi connectivity index (χ1v) is 17.9. The third kappa shape index (κ3) is 8.36. The number of carbonyl (C=O) groups is 2. The average Bonchev–Trinajstić information content (AvgIpc) is 3.07. The van der Waals surface area contributed by atoms with E-state index in [-0.39, 0.29) is 35.9 Å². The molecule has 0 radical (unpaired) electrons. The van der Waals surface area contributed by atoms with E-state index in [1.807, 2.05) is 36.6 Å². The van der Waals surface area contributed by atoms with Crippen LogP contribution in [0.2, 0.25) is 10.0 Å². The maximum Gasteiger partial charge on any atom is 0.264 e. The van der Waals surface area contributed by atoms with Gasteiger partial charge in [-0.2, -0.15) is 0 Å². The molecule has 2 amide bonds. The van der Waals surface area contributed by atoms with Crippen molar-refractivity contribution >= 4 is 62.5 Å². The van der Waals surface area contributed by atoms with Crippen molar-refractivity contribution < 1.29 is 22.7 Å². The minimum absolute atomic E-state index is 0.00256. The van der Waals surface area contributed by atoms with Crippen LogP contribution in [-0.4, -0.2) is 57.6 Å². The van der Waals surface area contributed by atoms with Crippen LogP contribution in [-0.2, 0) is 32.6 Å². The van der Waals surface area contributed by atoms with Gasteiger partial charge in [0.15, 0.2) is 0 Å². The quantitative estimate of drug-likeness (QED) is 0.147. The highest BCUT2D eigenvalue weighted by Crippen LogP contribution is 2.34. The summed E-state index contributed by atoms with van der Waals surface area (Å²) in [5.41, 5.74) is 1.42. The maximum atomic E-state index is 14.6. The monoisotopic (exact) mass is 699 g/mol. The first-order chi connectivity index (χ1) is 22.1. The molecule has 0 aliphatic carbocycles. The van der Waals surface area contributed by atoms with Gasteiger partial charge in [-0.1, -0.05) is 71.7 Å². The number of ether oxygens (including phenoxy) is 1. The van der Waals surface area contributed by atoms with Gasteiger partial charge in [-0.15, -0.1) is 11.8 Å². The van der Waals surface area contributed by atoms with Crippen molar-refractivity contribution in [2.45, 2.75) is 35.7 Å². The van der Waals surface area contributed by atoms with Gasteiger partial charge in [-0.3, -0.25) is 13.9 Å². The molecule has 4 aromatic rings. The van der Waals surface area contributed by atoms with Crippen LogP contribution in [0, 0.1) is 0 Å². The van der Waals surface area contributed by atoms with E-state index in [0.29, 0.717) is 15.6 Å². The number of sulfonamides is 1. The highest BCUT2D eigenvalue weighted by atomic mass is 35.5. The smallest absolute Gasteiger partial charge is 0.264 e. The van der Waals surface area contributed by atoms with Gasteiger partial charge in [0, 0.05) is 40.5 Å². The first kappa shape index (κ1) is 35.2. The zero-order valence-corrected chi connectivity index (χ0v) is 28.8. The highest BCUT2D eigenvalue weighted by Gasteiger charge is 2.35. The molecule has 0 aromatic heterocycles. The zero-order chi connectivity index (χ0) is 33.3. The molecule has 4 aromatic carbocycles. The number of anilines is 1. The van der Waals surface area contributed by atoms with Gasteiger partial charge < -0.3 is 15.0 Å². The van der Waals surface area contributed by atoms with Gasteiger partial charge in [0.1, 0.15) is 18.3 Å². The topological polar surface area (TPSA) is 96.0 Å². The van der Waals surface area contributed by atoms with Crippen molar-refractivity contribution in [1.82, 2.24) is 10.2 Å². The number of rotatable bonds is 14. The van der Waals surface area contributed by atoms with E-state index in [0.717, 1.165) is 14.8 Å². The summed E-state index contributed by atoms with van der Waals surface area (Å²) in [5.74, 6) is -0.789. The van der Waals surface area contributed by atoms with Crippen molar-refractivity contribution in [2.24, 2.45) is 0 Å². The van der Waals surface area contributed by atoms with Crippen molar-refractivity contribution in [3.05, 3.63) is 118 Å². The van der Waals surface area contributed by atoms with Gasteiger partial charge in [0.05, 0.1) is 17.2 Å². The second-order valence-electron chi connectivity index (χ2n) is 10.1. The van der Waals surface area contributed by atoms with Gasteiger partial charge in [0.25, 0.3) is 10.0 Å². The SMILES string of the molecule is CCOc1ccccc1N(CC(=O)N(Cc1c(Cl)cccc1Cl)[C@H](Cc1ccccc1)C(=O)NC)S(=O)(=O)c1ccc(SC)cc1. The number of hydrogen-bond donors (Lipinski definition) is 1. The Morgan fingerprint density at radius 1 is 0.891 bits per heavy atom. The molecule has 242 valence electrons. The molecule has 12 heteroatoms. The number of hydrogen-bond acceptors (Lipinski definition) is 6. The van der Waals surface area contributed by atoms with Crippen molar-refractivity contribution in [3.63, 3.8) is 0 Å². The molecule has 0 saturated carbocycles. The summed E-state index contributed by atoms with van der Waals surface area (Å²) < 4.78 is 35.5. The number of thioether (sulfide) groups is 1. The summed E-state index contributed by atoms with van der Waals surface area (Å²) in [6.45, 7) is 1.27. The van der Waals surface area contributed by atoms with Crippen LogP contribution in [0.4, 0.5) is 5.69 Å². The molecule has 1 atom stereocenters. The summed E-state index contributed by atoms with van der Waals surface area (Å²) in [6, 6.07) is 26.2. The van der Waals surface area contributed by atoms with Crippen LogP contribution in [0.15, 0.2) is 107 Å². The second-order valence-corrected chi connectivity index (χ2v) is 13.7. The molecule has 8 nitrogen and oxygen atoms in total. The standard InChI is InChI=1S/C34H35Cl2N3O5S2/c1-4-44-32-16-9-8-15-30(32)39(46(42,43)26-19-17-25(45-3)18-20-26)23-33(40)38(22-27-28(35)13-10-14-29(27)36)31(34(41)37-2)21-24-11-6-5-7-12-24/h5-20,31H,4,21-23H2,1-3H3,(H,37,41)/t31-/m1/s1. The Balaban J connectivity index is 1.85. The molecule has 0 saturated heterocycles. The van der Waals surface area contributed by atoms with Crippen molar-refractivity contribution in [3.8, 4) is 5.75 Å². The Hall–Kier alpha value is -3.70. The number of carbonyl (C=O) groups excluding carboxylic acids is 2. The summed E-state index contributed by atoms with van der Waals surface area (Å²) >= 11 is 14.6. The molecule has 0 spiro atoms. The highest BCUT2D eigenvalue weighted by molar-refractivity contribution is 7.98. The lowest BCUT2D eigenvalue weighted by atomic mass is 10.0. The Morgan fingerprint density at radius 3 is 2.13 bits per heavy atom. The normalized spacial score (nSPS) is 11.8. The fourth-order valence-corrected chi connectivity index (χ4v) is 7.25. The molecule has 4 rings (SSSR count). The Morgan fingerprint density at radius 2 is 1.52 bits per heavy atom. The van der Waals surface area contributed by atoms with Crippen LogP contribution < -0.4 is 14.4 Å². The third-order valence-electron chi connectivity index (χ3n) is 7.27. The average molecular weight is 701 g/mol. The number of nitrogens with zero attached hydrogens (tertiary/aromatic N) is 2. The fourth-order valence-electron chi connectivity index (χ4n) is 4.90. The van der Waals surface area contributed by atoms with Crippen LogP contribution in [0.3, 0.4) is 0 Å². The minimum Gasteiger partial charge on any atom is -0.492 e. The molecule has 46 heavy (non-hydrogen) atoms. The van der Waals surface area contributed by atoms with Crippen LogP contribution in [0.25, 0.3) is 0 Å². The van der Waals surface area contributed by atoms with Gasteiger partial charge in [-0.25, -0.2) is 8.42 Å². The van der Waals surface area contributed by atoms with Gasteiger partial charge in [-0.05, 0) is 67.3 Å². The second kappa shape index (κ2) is 16.2. The predicted octanol–water partition coefficient (Wildman–Crippen LogP) is 6.70. The van der Waals surface area contributed by atoms with E-state index in [4.69, 9.17) is 27.9 Å². The number of benzene rings is 4. The lowest BCUT2D eigenvalue weighted by Crippen LogP contribution is -2.53. The van der Waals surface area contributed by atoms with Gasteiger partial charge >= 0.3 is 0 Å². The van der Waals surface area contributed by atoms with E-state index >= 15 is 0 Å². The number of nitrogens with one attached hydrogen (secondary N) is 1. The lowest BCUT2D eigenvalue weighted by Gasteiger charge is -2.34. The van der Waals surface area contributed by atoms with Crippen LogP contribution in [0.5, 0.6) is 5.75 Å². The van der Waals surface area contributed by atoms with E-state index in [1.165, 1.54) is 35.8 Å². The fraction of sp³-hybridized carbons (Fsp3) is 0.235. The number of likely N-dealkylation sites (N-methyl/N-ethyl adjacent to an activating group) is 1. The van der Waals surface area contributed by atoms with E-state index < -0.39 is 34.4 Å². The van der Waals surface area contributed by atoms with Gasteiger partial charge in [0.2, 0.25) is 11.8 Å².